The van der Waals surface area contributed by atoms with Crippen LogP contribution in [-0.4, -0.2) is 25.8 Å². The fourth-order valence-electron chi connectivity index (χ4n) is 2.91. The van der Waals surface area contributed by atoms with Gasteiger partial charge in [-0.25, -0.2) is 0 Å². The number of hydrogen-bond acceptors (Lipinski definition) is 3. The van der Waals surface area contributed by atoms with Crippen molar-refractivity contribution < 1.29 is 4.74 Å². The fraction of sp³-hybridized carbons (Fsp3) is 0.571. The van der Waals surface area contributed by atoms with Crippen molar-refractivity contribution in [3.63, 3.8) is 0 Å². The smallest absolute Gasteiger partial charge is 0.0749 e. The van der Waals surface area contributed by atoms with E-state index >= 15 is 0 Å². The summed E-state index contributed by atoms with van der Waals surface area (Å²) in [6.07, 6.45) is 5.22. The van der Waals surface area contributed by atoms with Crippen molar-refractivity contribution in [2.75, 3.05) is 30.3 Å². The number of anilines is 2. The van der Waals surface area contributed by atoms with Crippen molar-refractivity contribution in [1.29, 1.82) is 0 Å². The third-order valence-corrected chi connectivity index (χ3v) is 3.86. The number of fused-ring (bicyclic) bond motifs is 1. The lowest BCUT2D eigenvalue weighted by atomic mass is 10.1. The summed E-state index contributed by atoms with van der Waals surface area (Å²) in [7, 11) is 0. The van der Waals surface area contributed by atoms with Crippen LogP contribution in [0, 0.1) is 0 Å². The first-order valence-corrected chi connectivity index (χ1v) is 6.58. The van der Waals surface area contributed by atoms with Gasteiger partial charge in [0, 0.05) is 36.6 Å². The minimum absolute atomic E-state index is 0.413. The number of hydrogen-bond donors (Lipinski definition) is 1. The molecule has 3 rings (SSSR count). The molecule has 17 heavy (non-hydrogen) atoms. The molecule has 3 nitrogen and oxygen atoms in total. The van der Waals surface area contributed by atoms with E-state index in [9.17, 15) is 0 Å². The maximum atomic E-state index is 6.01. The Labute approximate surface area is 103 Å². The van der Waals surface area contributed by atoms with Crippen LogP contribution in [-0.2, 0) is 11.2 Å². The predicted octanol–water partition coefficient (Wildman–Crippen LogP) is 2.20. The zero-order valence-corrected chi connectivity index (χ0v) is 10.2. The van der Waals surface area contributed by atoms with E-state index in [1.54, 1.807) is 0 Å². The molecular formula is C14H20N2O. The van der Waals surface area contributed by atoms with Crippen molar-refractivity contribution in [3.8, 4) is 0 Å². The molecule has 0 aliphatic carbocycles. The largest absolute Gasteiger partial charge is 0.398 e. The van der Waals surface area contributed by atoms with E-state index in [1.165, 1.54) is 30.5 Å². The van der Waals surface area contributed by atoms with E-state index in [1.807, 2.05) is 12.1 Å². The second-order valence-electron chi connectivity index (χ2n) is 5.03. The Morgan fingerprint density at radius 3 is 3.12 bits per heavy atom. The van der Waals surface area contributed by atoms with Crippen LogP contribution in [0.15, 0.2) is 18.2 Å². The summed E-state index contributed by atoms with van der Waals surface area (Å²) in [5, 5.41) is 0. The van der Waals surface area contributed by atoms with Crippen LogP contribution in [0.2, 0.25) is 0 Å². The number of nitrogens with zero attached hydrogens (tertiary/aromatic N) is 1. The summed E-state index contributed by atoms with van der Waals surface area (Å²) >= 11 is 0. The quantitative estimate of drug-likeness (QED) is 0.794. The van der Waals surface area contributed by atoms with E-state index in [2.05, 4.69) is 11.0 Å². The van der Waals surface area contributed by atoms with Crippen molar-refractivity contribution in [2.45, 2.75) is 31.8 Å². The summed E-state index contributed by atoms with van der Waals surface area (Å²) in [6.45, 7) is 3.04. The molecular weight excluding hydrogens is 212 g/mol. The fourth-order valence-corrected chi connectivity index (χ4v) is 2.91. The molecule has 0 spiro atoms. The maximum Gasteiger partial charge on any atom is 0.0749 e. The van der Waals surface area contributed by atoms with Gasteiger partial charge in [0.1, 0.15) is 0 Å². The standard InChI is InChI=1S/C14H20N2O/c15-13-5-3-6-14-12(13)7-8-16(14)10-11-4-1-2-9-17-11/h3,5-6,11H,1-2,4,7-10,15H2. The van der Waals surface area contributed by atoms with Gasteiger partial charge in [0.25, 0.3) is 0 Å². The molecule has 2 N–H and O–H groups in total. The van der Waals surface area contributed by atoms with Crippen LogP contribution in [0.5, 0.6) is 0 Å². The molecule has 2 heterocycles. The molecule has 1 atom stereocenters. The lowest BCUT2D eigenvalue weighted by Gasteiger charge is -2.28. The molecule has 1 saturated heterocycles. The Morgan fingerprint density at radius 1 is 1.35 bits per heavy atom. The third kappa shape index (κ3) is 2.12. The second kappa shape index (κ2) is 4.57. The van der Waals surface area contributed by atoms with Gasteiger partial charge < -0.3 is 15.4 Å². The van der Waals surface area contributed by atoms with Gasteiger partial charge in [-0.3, -0.25) is 0 Å². The van der Waals surface area contributed by atoms with Crippen molar-refractivity contribution in [2.24, 2.45) is 0 Å². The Bertz CT molecular complexity index is 399. The lowest BCUT2D eigenvalue weighted by molar-refractivity contribution is 0.0212. The molecule has 92 valence electrons. The summed E-state index contributed by atoms with van der Waals surface area (Å²) in [5.41, 5.74) is 9.59. The highest BCUT2D eigenvalue weighted by atomic mass is 16.5. The first-order chi connectivity index (χ1) is 8.34. The number of rotatable bonds is 2. The Kier molecular flexibility index (Phi) is 2.93. The van der Waals surface area contributed by atoms with E-state index in [0.29, 0.717) is 6.10 Å². The van der Waals surface area contributed by atoms with Gasteiger partial charge in [-0.1, -0.05) is 6.07 Å². The lowest BCUT2D eigenvalue weighted by Crippen LogP contribution is -2.34. The van der Waals surface area contributed by atoms with Crippen LogP contribution >= 0.6 is 0 Å². The normalized spacial score (nSPS) is 23.8. The van der Waals surface area contributed by atoms with E-state index in [0.717, 1.165) is 31.8 Å². The third-order valence-electron chi connectivity index (χ3n) is 3.86. The van der Waals surface area contributed by atoms with E-state index < -0.39 is 0 Å². The molecule has 1 aromatic rings. The molecule has 2 aliphatic rings. The summed E-state index contributed by atoms with van der Waals surface area (Å²) in [5.74, 6) is 0. The molecule has 0 aromatic heterocycles. The van der Waals surface area contributed by atoms with Crippen molar-refractivity contribution in [1.82, 2.24) is 0 Å². The molecule has 3 heteroatoms. The first kappa shape index (κ1) is 10.9. The highest BCUT2D eigenvalue weighted by Gasteiger charge is 2.24. The Balaban J connectivity index is 1.72. The van der Waals surface area contributed by atoms with Gasteiger partial charge in [0.05, 0.1) is 6.10 Å². The molecule has 2 aliphatic heterocycles. The predicted molar refractivity (Wildman–Crippen MR) is 70.4 cm³/mol. The van der Waals surface area contributed by atoms with Gasteiger partial charge in [0.15, 0.2) is 0 Å². The monoisotopic (exact) mass is 232 g/mol. The van der Waals surface area contributed by atoms with Gasteiger partial charge in [-0.2, -0.15) is 0 Å². The first-order valence-electron chi connectivity index (χ1n) is 6.58. The maximum absolute atomic E-state index is 6.01. The number of nitrogens with two attached hydrogens (primary N) is 1. The van der Waals surface area contributed by atoms with E-state index in [-0.39, 0.29) is 0 Å². The van der Waals surface area contributed by atoms with Gasteiger partial charge in [-0.05, 0) is 37.8 Å². The van der Waals surface area contributed by atoms with Crippen LogP contribution in [0.25, 0.3) is 0 Å². The zero-order chi connectivity index (χ0) is 11.7. The van der Waals surface area contributed by atoms with Crippen LogP contribution in [0.4, 0.5) is 11.4 Å². The summed E-state index contributed by atoms with van der Waals surface area (Å²) in [6, 6.07) is 6.23. The highest BCUT2D eigenvalue weighted by Crippen LogP contribution is 2.32. The molecule has 0 saturated carbocycles. The average Bonchev–Trinajstić information content (AvgIpc) is 2.76. The summed E-state index contributed by atoms with van der Waals surface area (Å²) in [4.78, 5) is 2.43. The van der Waals surface area contributed by atoms with E-state index in [4.69, 9.17) is 10.5 Å². The minimum atomic E-state index is 0.413. The zero-order valence-electron chi connectivity index (χ0n) is 10.2. The van der Waals surface area contributed by atoms with Gasteiger partial charge in [0.2, 0.25) is 0 Å². The minimum Gasteiger partial charge on any atom is -0.398 e. The Morgan fingerprint density at radius 2 is 2.29 bits per heavy atom. The topological polar surface area (TPSA) is 38.5 Å². The number of benzene rings is 1. The van der Waals surface area contributed by atoms with Crippen LogP contribution in [0.3, 0.4) is 0 Å². The molecule has 1 unspecified atom stereocenters. The van der Waals surface area contributed by atoms with Crippen LogP contribution < -0.4 is 10.6 Å². The average molecular weight is 232 g/mol. The molecule has 0 amide bonds. The second-order valence-corrected chi connectivity index (χ2v) is 5.03. The molecule has 1 aromatic carbocycles. The summed E-state index contributed by atoms with van der Waals surface area (Å²) < 4.78 is 5.81. The van der Waals surface area contributed by atoms with Gasteiger partial charge in [-0.15, -0.1) is 0 Å². The Hall–Kier alpha value is -1.22. The molecule has 0 radical (unpaired) electrons. The number of ether oxygens (including phenoxy) is 1. The van der Waals surface area contributed by atoms with Crippen molar-refractivity contribution >= 4 is 11.4 Å². The highest BCUT2D eigenvalue weighted by molar-refractivity contribution is 5.68. The molecule has 1 fully saturated rings. The SMILES string of the molecule is Nc1cccc2c1CCN2CC1CCCCO1. The van der Waals surface area contributed by atoms with Gasteiger partial charge >= 0.3 is 0 Å². The van der Waals surface area contributed by atoms with Crippen LogP contribution in [0.1, 0.15) is 24.8 Å². The number of nitrogen functional groups attached to an aromatic ring is 1. The molecule has 0 bridgehead atoms. The van der Waals surface area contributed by atoms with Crippen molar-refractivity contribution in [3.05, 3.63) is 23.8 Å².